The summed E-state index contributed by atoms with van der Waals surface area (Å²) in [6, 6.07) is 0.369. The van der Waals surface area contributed by atoms with Crippen molar-refractivity contribution in [2.24, 2.45) is 5.41 Å². The van der Waals surface area contributed by atoms with Crippen LogP contribution in [0, 0.1) is 5.41 Å². The summed E-state index contributed by atoms with van der Waals surface area (Å²) in [7, 11) is 0. The Morgan fingerprint density at radius 3 is 2.71 bits per heavy atom. The lowest BCUT2D eigenvalue weighted by Crippen LogP contribution is -2.41. The van der Waals surface area contributed by atoms with Gasteiger partial charge < -0.3 is 10.1 Å². The molecule has 0 spiro atoms. The van der Waals surface area contributed by atoms with Gasteiger partial charge >= 0.3 is 0 Å². The Balaban J connectivity index is 1.80. The van der Waals surface area contributed by atoms with Crippen LogP contribution in [0.25, 0.3) is 0 Å². The van der Waals surface area contributed by atoms with Crippen LogP contribution in [0.5, 0.6) is 0 Å². The van der Waals surface area contributed by atoms with Crippen molar-refractivity contribution in [2.45, 2.75) is 70.9 Å². The van der Waals surface area contributed by atoms with Gasteiger partial charge in [0.25, 0.3) is 0 Å². The lowest BCUT2D eigenvalue weighted by molar-refractivity contribution is -0.130. The molecule has 3 nitrogen and oxygen atoms in total. The number of nitrogens with one attached hydrogen (secondary N) is 1. The van der Waals surface area contributed by atoms with Gasteiger partial charge in [0, 0.05) is 12.6 Å². The van der Waals surface area contributed by atoms with Gasteiger partial charge in [0.15, 0.2) is 0 Å². The van der Waals surface area contributed by atoms with Crippen molar-refractivity contribution >= 4 is 5.91 Å². The van der Waals surface area contributed by atoms with Gasteiger partial charge in [-0.15, -0.1) is 0 Å². The average molecular weight is 239 g/mol. The highest BCUT2D eigenvalue weighted by molar-refractivity contribution is 5.81. The number of carbonyl (C=O) groups is 1. The third-order valence-corrected chi connectivity index (χ3v) is 4.14. The highest BCUT2D eigenvalue weighted by atomic mass is 16.5. The van der Waals surface area contributed by atoms with Crippen molar-refractivity contribution in [1.29, 1.82) is 0 Å². The van der Waals surface area contributed by atoms with E-state index in [0.717, 1.165) is 32.3 Å². The molecule has 0 aromatic heterocycles. The molecule has 1 N–H and O–H groups in total. The first-order valence-corrected chi connectivity index (χ1v) is 6.99. The zero-order chi connectivity index (χ0) is 12.3. The van der Waals surface area contributed by atoms with E-state index in [1.54, 1.807) is 0 Å². The summed E-state index contributed by atoms with van der Waals surface area (Å²) in [5.74, 6) is 0.118. The first-order chi connectivity index (χ1) is 8.07. The van der Waals surface area contributed by atoms with Crippen LogP contribution in [0.3, 0.4) is 0 Å². The molecule has 98 valence electrons. The van der Waals surface area contributed by atoms with Gasteiger partial charge in [-0.05, 0) is 43.9 Å². The minimum Gasteiger partial charge on any atom is -0.368 e. The van der Waals surface area contributed by atoms with Gasteiger partial charge in [0.05, 0.1) is 0 Å². The van der Waals surface area contributed by atoms with Crippen LogP contribution >= 0.6 is 0 Å². The Hall–Kier alpha value is -0.570. The van der Waals surface area contributed by atoms with Crippen LogP contribution in [0.15, 0.2) is 0 Å². The van der Waals surface area contributed by atoms with Gasteiger partial charge in [-0.1, -0.05) is 20.3 Å². The zero-order valence-electron chi connectivity index (χ0n) is 11.1. The maximum absolute atomic E-state index is 12.0. The molecule has 1 aliphatic carbocycles. The summed E-state index contributed by atoms with van der Waals surface area (Å²) in [5.41, 5.74) is 0.448. The third kappa shape index (κ3) is 3.70. The molecule has 2 aliphatic rings. The second-order valence-corrected chi connectivity index (χ2v) is 6.30. The van der Waals surface area contributed by atoms with Crippen molar-refractivity contribution < 1.29 is 9.53 Å². The van der Waals surface area contributed by atoms with E-state index in [4.69, 9.17) is 4.74 Å². The number of hydrogen-bond acceptors (Lipinski definition) is 2. The fourth-order valence-corrected chi connectivity index (χ4v) is 2.88. The van der Waals surface area contributed by atoms with Gasteiger partial charge in [-0.2, -0.15) is 0 Å². The molecular weight excluding hydrogens is 214 g/mol. The Bertz CT molecular complexity index is 269. The monoisotopic (exact) mass is 239 g/mol. The van der Waals surface area contributed by atoms with Crippen molar-refractivity contribution in [3.63, 3.8) is 0 Å². The number of ether oxygens (including phenoxy) is 1. The van der Waals surface area contributed by atoms with Gasteiger partial charge in [0.1, 0.15) is 6.10 Å². The lowest BCUT2D eigenvalue weighted by atomic mass is 9.85. The molecule has 2 fully saturated rings. The number of amides is 1. The molecule has 2 rings (SSSR count). The Kier molecular flexibility index (Phi) is 4.08. The summed E-state index contributed by atoms with van der Waals surface area (Å²) in [6.07, 6.45) is 7.70. The molecular formula is C14H25NO2. The minimum atomic E-state index is -0.175. The fourth-order valence-electron chi connectivity index (χ4n) is 2.88. The minimum absolute atomic E-state index is 0.118. The highest BCUT2D eigenvalue weighted by Gasteiger charge is 2.28. The number of rotatable bonds is 2. The largest absolute Gasteiger partial charge is 0.368 e. The molecule has 3 heteroatoms. The predicted molar refractivity (Wildman–Crippen MR) is 67.8 cm³/mol. The zero-order valence-corrected chi connectivity index (χ0v) is 11.1. The quantitative estimate of drug-likeness (QED) is 0.752. The maximum atomic E-state index is 12.0. The molecule has 1 saturated heterocycles. The van der Waals surface area contributed by atoms with Crippen molar-refractivity contribution in [2.75, 3.05) is 6.61 Å². The Morgan fingerprint density at radius 2 is 2.00 bits per heavy atom. The highest BCUT2D eigenvalue weighted by Crippen LogP contribution is 2.33. The van der Waals surface area contributed by atoms with E-state index in [-0.39, 0.29) is 12.0 Å². The molecule has 2 atom stereocenters. The van der Waals surface area contributed by atoms with E-state index in [1.165, 1.54) is 19.3 Å². The molecule has 1 aliphatic heterocycles. The molecule has 0 aromatic rings. The standard InChI is InChI=1S/C14H25NO2/c1-14(2)8-3-5-11(7-9-14)15-13(16)12-6-4-10-17-12/h11-12H,3-10H2,1-2H3,(H,15,16)/t11?,12-/m0/s1. The first-order valence-electron chi connectivity index (χ1n) is 6.99. The maximum Gasteiger partial charge on any atom is 0.249 e. The van der Waals surface area contributed by atoms with Gasteiger partial charge in [-0.3, -0.25) is 4.79 Å². The smallest absolute Gasteiger partial charge is 0.249 e. The fraction of sp³-hybridized carbons (Fsp3) is 0.929. The van der Waals surface area contributed by atoms with Crippen LogP contribution in [0.4, 0.5) is 0 Å². The second kappa shape index (κ2) is 5.38. The van der Waals surface area contributed by atoms with Crippen molar-refractivity contribution in [3.05, 3.63) is 0 Å². The number of carbonyl (C=O) groups excluding carboxylic acids is 1. The molecule has 0 aromatic carbocycles. The summed E-state index contributed by atoms with van der Waals surface area (Å²) in [5, 5.41) is 3.17. The second-order valence-electron chi connectivity index (χ2n) is 6.30. The molecule has 1 saturated carbocycles. The molecule has 17 heavy (non-hydrogen) atoms. The third-order valence-electron chi connectivity index (χ3n) is 4.14. The van der Waals surface area contributed by atoms with Crippen molar-refractivity contribution in [1.82, 2.24) is 5.32 Å². The average Bonchev–Trinajstić information content (AvgIpc) is 2.73. The normalized spacial score (nSPS) is 33.1. The molecule has 1 unspecified atom stereocenters. The number of hydrogen-bond donors (Lipinski definition) is 1. The van der Waals surface area contributed by atoms with Crippen LogP contribution in [-0.4, -0.2) is 24.7 Å². The Labute approximate surface area is 104 Å². The molecule has 1 amide bonds. The lowest BCUT2D eigenvalue weighted by Gasteiger charge is -2.22. The van der Waals surface area contributed by atoms with E-state index >= 15 is 0 Å². The summed E-state index contributed by atoms with van der Waals surface area (Å²) < 4.78 is 5.42. The van der Waals surface area contributed by atoms with E-state index in [0.29, 0.717) is 11.5 Å². The first kappa shape index (κ1) is 12.9. The van der Waals surface area contributed by atoms with Crippen molar-refractivity contribution in [3.8, 4) is 0 Å². The van der Waals surface area contributed by atoms with Gasteiger partial charge in [0.2, 0.25) is 5.91 Å². The predicted octanol–water partition coefficient (Wildman–Crippen LogP) is 2.64. The molecule has 0 radical (unpaired) electrons. The summed E-state index contributed by atoms with van der Waals surface area (Å²) in [6.45, 7) is 5.41. The van der Waals surface area contributed by atoms with Crippen LogP contribution < -0.4 is 5.32 Å². The van der Waals surface area contributed by atoms with Crippen LogP contribution in [0.2, 0.25) is 0 Å². The summed E-state index contributed by atoms with van der Waals surface area (Å²) >= 11 is 0. The van der Waals surface area contributed by atoms with E-state index in [1.807, 2.05) is 0 Å². The van der Waals surface area contributed by atoms with E-state index in [2.05, 4.69) is 19.2 Å². The van der Waals surface area contributed by atoms with Crippen LogP contribution in [-0.2, 0) is 9.53 Å². The van der Waals surface area contributed by atoms with E-state index in [9.17, 15) is 4.79 Å². The molecule has 0 bridgehead atoms. The molecule has 1 heterocycles. The van der Waals surface area contributed by atoms with E-state index < -0.39 is 0 Å². The van der Waals surface area contributed by atoms with Crippen LogP contribution in [0.1, 0.15) is 58.8 Å². The topological polar surface area (TPSA) is 38.3 Å². The SMILES string of the molecule is CC1(C)CCCC(NC(=O)[C@@H]2CCCO2)CC1. The summed E-state index contributed by atoms with van der Waals surface area (Å²) in [4.78, 5) is 12.0. The Morgan fingerprint density at radius 1 is 1.18 bits per heavy atom. The van der Waals surface area contributed by atoms with Gasteiger partial charge in [-0.25, -0.2) is 0 Å².